The predicted molar refractivity (Wildman–Crippen MR) is 359 cm³/mol. The lowest BCUT2D eigenvalue weighted by Gasteiger charge is -2.21. The molecule has 12 heteroatoms. The number of nitriles is 2. The van der Waals surface area contributed by atoms with E-state index in [0.717, 1.165) is 72.4 Å². The number of alkyl halides is 3. The first-order chi connectivity index (χ1) is 45.1. The van der Waals surface area contributed by atoms with Crippen molar-refractivity contribution in [2.45, 2.75) is 6.18 Å². The lowest BCUT2D eigenvalue weighted by Crippen LogP contribution is -2.08. The van der Waals surface area contributed by atoms with Crippen LogP contribution in [0.3, 0.4) is 0 Å². The van der Waals surface area contributed by atoms with Gasteiger partial charge in [-0.25, -0.2) is 24.6 Å². The van der Waals surface area contributed by atoms with Crippen LogP contribution in [-0.2, 0) is 6.18 Å². The predicted octanol–water partition coefficient (Wildman–Crippen LogP) is 21.3. The molecule has 0 amide bonds. The minimum absolute atomic E-state index is 0.223. The molecule has 12 aromatic carbocycles. The summed E-state index contributed by atoms with van der Waals surface area (Å²) >= 11 is 0. The van der Waals surface area contributed by atoms with Gasteiger partial charge in [0, 0.05) is 49.4 Å². The fraction of sp³-hybridized carbons (Fsp3) is 0.0125. The van der Waals surface area contributed by atoms with E-state index in [1.165, 1.54) is 6.07 Å². The topological polar surface area (TPSA) is 105 Å². The summed E-state index contributed by atoms with van der Waals surface area (Å²) in [6, 6.07) is 86.9. The van der Waals surface area contributed by atoms with Gasteiger partial charge in [0.05, 0.1) is 75.4 Å². The van der Waals surface area contributed by atoms with E-state index in [4.69, 9.17) is 28.1 Å². The van der Waals surface area contributed by atoms with Crippen molar-refractivity contribution in [3.63, 3.8) is 0 Å². The van der Waals surface area contributed by atoms with Gasteiger partial charge in [0.2, 0.25) is 0 Å². The average Bonchev–Trinajstić information content (AvgIpc) is 1.55. The van der Waals surface area contributed by atoms with Crippen molar-refractivity contribution in [2.24, 2.45) is 0 Å². The molecule has 0 bridgehead atoms. The first kappa shape index (κ1) is 55.6. The van der Waals surface area contributed by atoms with Crippen molar-refractivity contribution in [1.29, 1.82) is 10.5 Å². The minimum atomic E-state index is -4.77. The van der Waals surface area contributed by atoms with E-state index < -0.39 is 11.7 Å². The van der Waals surface area contributed by atoms with Crippen LogP contribution in [0, 0.1) is 35.8 Å². The Hall–Kier alpha value is -13.0. The molecule has 92 heavy (non-hydrogen) atoms. The summed E-state index contributed by atoms with van der Waals surface area (Å²) < 4.78 is 51.1. The second-order valence-corrected chi connectivity index (χ2v) is 22.2. The standard InChI is InChI=1S/C80H44F3N9/c1-86-69-27-15-13-25-61(69)53-32-39-72-67(43-53)65-41-51(59-23-11-9-21-56(59)47-84)30-37-71(65)91(72)75-45-55(79-89-77(49-17-5-3-6-18-49)88-78(90-79)50-19-7-4-8-20-50)29-35-63(75)64-36-34-58(80(81,82)83)46-76(64)92-73-38-31-52(60-24-12-10-22-57(60)48-85)42-66(73)68-44-54(33-40-74(68)92)62-26-14-16-28-70(62)87-2/h3-46H. The molecular formula is C80H44F3N9. The number of para-hydroxylation sites is 2. The normalized spacial score (nSPS) is 11.4. The largest absolute Gasteiger partial charge is 0.416 e. The SMILES string of the molecule is [C-]#[N+]c1ccccc1-c1ccc2c(c1)c1cc(-c3ccccc3C#N)ccc1n2-c1cc(-c2nc(-c3ccccc3)nc(-c3ccccc3)n2)ccc1-c1ccc(C(F)(F)F)cc1-n1c2ccc(-c3ccccc3C#N)cc2c2cc(-c3ccccc3[N+]#[C-])ccc21. The van der Waals surface area contributed by atoms with Gasteiger partial charge in [-0.15, -0.1) is 0 Å². The van der Waals surface area contributed by atoms with Crippen molar-refractivity contribution in [1.82, 2.24) is 24.1 Å². The summed E-state index contributed by atoms with van der Waals surface area (Å²) in [7, 11) is 0. The van der Waals surface area contributed by atoms with Crippen LogP contribution in [-0.4, -0.2) is 24.1 Å². The number of halogens is 3. The fourth-order valence-electron chi connectivity index (χ4n) is 12.7. The van der Waals surface area contributed by atoms with Crippen LogP contribution in [0.1, 0.15) is 16.7 Å². The summed E-state index contributed by atoms with van der Waals surface area (Å²) in [5, 5.41) is 23.8. The van der Waals surface area contributed by atoms with E-state index in [0.29, 0.717) is 95.3 Å². The lowest BCUT2D eigenvalue weighted by molar-refractivity contribution is -0.137. The molecule has 0 aliphatic rings. The lowest BCUT2D eigenvalue weighted by atomic mass is 9.96. The second kappa shape index (κ2) is 22.6. The molecular weight excluding hydrogens is 1140 g/mol. The number of benzene rings is 12. The highest BCUT2D eigenvalue weighted by Crippen LogP contribution is 2.47. The molecule has 0 unspecified atom stereocenters. The maximum absolute atomic E-state index is 15.7. The van der Waals surface area contributed by atoms with Crippen LogP contribution >= 0.6 is 0 Å². The number of rotatable bonds is 10. The number of hydrogen-bond acceptors (Lipinski definition) is 5. The van der Waals surface area contributed by atoms with E-state index >= 15 is 13.2 Å². The molecule has 430 valence electrons. The summed E-state index contributed by atoms with van der Waals surface area (Å²) in [5.41, 5.74) is 13.5. The molecule has 9 nitrogen and oxygen atoms in total. The maximum atomic E-state index is 15.7. The molecule has 0 atom stereocenters. The van der Waals surface area contributed by atoms with Crippen molar-refractivity contribution < 1.29 is 13.2 Å². The number of fused-ring (bicyclic) bond motifs is 6. The third-order valence-electron chi connectivity index (χ3n) is 17.0. The van der Waals surface area contributed by atoms with E-state index in [1.54, 1.807) is 36.4 Å². The van der Waals surface area contributed by atoms with Crippen LogP contribution in [0.25, 0.3) is 154 Å². The molecule has 0 saturated carbocycles. The molecule has 0 N–H and O–H groups in total. The van der Waals surface area contributed by atoms with Gasteiger partial charge in [-0.2, -0.15) is 23.7 Å². The van der Waals surface area contributed by atoms with Crippen molar-refractivity contribution in [2.75, 3.05) is 0 Å². The van der Waals surface area contributed by atoms with E-state index in [-0.39, 0.29) is 5.69 Å². The zero-order valence-electron chi connectivity index (χ0n) is 48.6. The third-order valence-corrected chi connectivity index (χ3v) is 17.0. The first-order valence-electron chi connectivity index (χ1n) is 29.4. The molecule has 0 fully saturated rings. The average molecular weight is 1190 g/mol. The molecule has 0 saturated heterocycles. The molecule has 15 aromatic rings. The zero-order chi connectivity index (χ0) is 62.6. The van der Waals surface area contributed by atoms with Crippen molar-refractivity contribution >= 4 is 55.0 Å². The highest BCUT2D eigenvalue weighted by Gasteiger charge is 2.33. The van der Waals surface area contributed by atoms with E-state index in [1.807, 2.05) is 211 Å². The van der Waals surface area contributed by atoms with Gasteiger partial charge in [-0.1, -0.05) is 188 Å². The summed E-state index contributed by atoms with van der Waals surface area (Å²) in [5.74, 6) is 1.22. The molecule has 3 heterocycles. The Balaban J connectivity index is 1.06. The van der Waals surface area contributed by atoms with Crippen LogP contribution < -0.4 is 0 Å². The van der Waals surface area contributed by atoms with Crippen molar-refractivity contribution in [3.05, 3.63) is 306 Å². The van der Waals surface area contributed by atoms with Crippen LogP contribution in [0.4, 0.5) is 24.5 Å². The smallest absolute Gasteiger partial charge is 0.309 e. The number of aromatic nitrogens is 5. The summed E-state index contributed by atoms with van der Waals surface area (Å²) in [6.45, 7) is 16.2. The van der Waals surface area contributed by atoms with Gasteiger partial charge in [-0.3, -0.25) is 0 Å². The van der Waals surface area contributed by atoms with Gasteiger partial charge in [-0.05, 0) is 123 Å². The van der Waals surface area contributed by atoms with Gasteiger partial charge >= 0.3 is 6.18 Å². The first-order valence-corrected chi connectivity index (χ1v) is 29.4. The van der Waals surface area contributed by atoms with E-state index in [9.17, 15) is 10.5 Å². The Morgan fingerprint density at radius 2 is 0.663 bits per heavy atom. The Kier molecular flexibility index (Phi) is 13.7. The Bertz CT molecular complexity index is 5410. The second-order valence-electron chi connectivity index (χ2n) is 22.2. The van der Waals surface area contributed by atoms with Gasteiger partial charge < -0.3 is 9.13 Å². The number of hydrogen-bond donors (Lipinski definition) is 0. The van der Waals surface area contributed by atoms with Gasteiger partial charge in [0.25, 0.3) is 0 Å². The van der Waals surface area contributed by atoms with Gasteiger partial charge in [0.1, 0.15) is 0 Å². The molecule has 0 radical (unpaired) electrons. The maximum Gasteiger partial charge on any atom is 0.416 e. The van der Waals surface area contributed by atoms with Gasteiger partial charge in [0.15, 0.2) is 28.8 Å². The van der Waals surface area contributed by atoms with Crippen LogP contribution in [0.5, 0.6) is 0 Å². The molecule has 3 aromatic heterocycles. The minimum Gasteiger partial charge on any atom is -0.309 e. The highest BCUT2D eigenvalue weighted by atomic mass is 19.4. The number of nitrogens with zero attached hydrogens (tertiary/aromatic N) is 9. The van der Waals surface area contributed by atoms with Crippen LogP contribution in [0.15, 0.2) is 267 Å². The Morgan fingerprint density at radius 1 is 0.326 bits per heavy atom. The van der Waals surface area contributed by atoms with Crippen LogP contribution in [0.2, 0.25) is 0 Å². The quantitative estimate of drug-likeness (QED) is 0.127. The third kappa shape index (κ3) is 9.62. The molecule has 15 rings (SSSR count). The fourth-order valence-corrected chi connectivity index (χ4v) is 12.7. The Labute approximate surface area is 526 Å². The molecule has 0 spiro atoms. The van der Waals surface area contributed by atoms with E-state index in [2.05, 4.69) is 38.5 Å². The highest BCUT2D eigenvalue weighted by molar-refractivity contribution is 6.14. The Morgan fingerprint density at radius 3 is 1.07 bits per heavy atom. The van der Waals surface area contributed by atoms with Crippen molar-refractivity contribution in [3.8, 4) is 113 Å². The monoisotopic (exact) mass is 1190 g/mol. The molecule has 0 aliphatic carbocycles. The molecule has 0 aliphatic heterocycles. The summed E-state index contributed by atoms with van der Waals surface area (Å²) in [4.78, 5) is 23.1. The zero-order valence-corrected chi connectivity index (χ0v) is 48.6. The summed E-state index contributed by atoms with van der Waals surface area (Å²) in [6.07, 6.45) is -4.77.